The standard InChI is InChI=1S/C21H22Cl2N2O2/c22-15-7-6-14(20(23)10-15)13-24-21(26)25-16-8-9-17(25)12-19(11-16)27-18-4-2-1-3-5-18/h1-7,10,16-17,19H,8-9,11-13H2,(H,24,26)/t16-,17-/m0/s1. The van der Waals surface area contributed by atoms with Crippen molar-refractivity contribution in [3.8, 4) is 5.75 Å². The van der Waals surface area contributed by atoms with E-state index in [1.165, 1.54) is 0 Å². The van der Waals surface area contributed by atoms with Crippen LogP contribution < -0.4 is 10.1 Å². The molecule has 2 atom stereocenters. The molecule has 27 heavy (non-hydrogen) atoms. The van der Waals surface area contributed by atoms with E-state index in [0.29, 0.717) is 16.6 Å². The van der Waals surface area contributed by atoms with Crippen molar-refractivity contribution in [2.24, 2.45) is 0 Å². The highest BCUT2D eigenvalue weighted by molar-refractivity contribution is 6.35. The van der Waals surface area contributed by atoms with E-state index in [2.05, 4.69) is 5.32 Å². The predicted molar refractivity (Wildman–Crippen MR) is 107 cm³/mol. The predicted octanol–water partition coefficient (Wildman–Crippen LogP) is 5.28. The highest BCUT2D eigenvalue weighted by atomic mass is 35.5. The van der Waals surface area contributed by atoms with Crippen molar-refractivity contribution in [1.82, 2.24) is 10.2 Å². The lowest BCUT2D eigenvalue weighted by Crippen LogP contribution is -2.52. The molecule has 2 heterocycles. The number of halogens is 2. The summed E-state index contributed by atoms with van der Waals surface area (Å²) in [6, 6.07) is 15.7. The highest BCUT2D eigenvalue weighted by Gasteiger charge is 2.44. The Bertz CT molecular complexity index is 801. The molecular weight excluding hydrogens is 383 g/mol. The molecule has 4 rings (SSSR count). The van der Waals surface area contributed by atoms with Crippen LogP contribution in [0.1, 0.15) is 31.2 Å². The van der Waals surface area contributed by atoms with E-state index in [0.717, 1.165) is 37.0 Å². The van der Waals surface area contributed by atoms with Gasteiger partial charge in [-0.2, -0.15) is 0 Å². The van der Waals surface area contributed by atoms with Gasteiger partial charge >= 0.3 is 6.03 Å². The average molecular weight is 405 g/mol. The van der Waals surface area contributed by atoms with E-state index in [-0.39, 0.29) is 24.2 Å². The van der Waals surface area contributed by atoms with Crippen LogP contribution in [0.5, 0.6) is 5.75 Å². The third-order valence-corrected chi connectivity index (χ3v) is 6.00. The Morgan fingerprint density at radius 1 is 1.07 bits per heavy atom. The largest absolute Gasteiger partial charge is 0.490 e. The van der Waals surface area contributed by atoms with Crippen LogP contribution >= 0.6 is 23.2 Å². The van der Waals surface area contributed by atoms with Gasteiger partial charge in [0.05, 0.1) is 0 Å². The summed E-state index contributed by atoms with van der Waals surface area (Å²) in [7, 11) is 0. The number of amides is 2. The van der Waals surface area contributed by atoms with E-state index in [1.807, 2.05) is 41.3 Å². The zero-order valence-electron chi connectivity index (χ0n) is 14.9. The molecule has 2 aromatic rings. The van der Waals surface area contributed by atoms with Gasteiger partial charge in [-0.15, -0.1) is 0 Å². The maximum absolute atomic E-state index is 12.8. The fraction of sp³-hybridized carbons (Fsp3) is 0.381. The summed E-state index contributed by atoms with van der Waals surface area (Å²) in [6.07, 6.45) is 3.99. The van der Waals surface area contributed by atoms with Crippen LogP contribution in [0.4, 0.5) is 4.79 Å². The topological polar surface area (TPSA) is 41.6 Å². The Hall–Kier alpha value is -1.91. The first-order chi connectivity index (χ1) is 13.1. The number of benzene rings is 2. The molecule has 0 unspecified atom stereocenters. The first-order valence-corrected chi connectivity index (χ1v) is 10.1. The Morgan fingerprint density at radius 3 is 2.44 bits per heavy atom. The van der Waals surface area contributed by atoms with Crippen LogP contribution in [0.15, 0.2) is 48.5 Å². The quantitative estimate of drug-likeness (QED) is 0.752. The van der Waals surface area contributed by atoms with Gasteiger partial charge < -0.3 is 15.0 Å². The number of hydrogen-bond acceptors (Lipinski definition) is 2. The molecule has 2 aromatic carbocycles. The summed E-state index contributed by atoms with van der Waals surface area (Å²) in [4.78, 5) is 14.8. The molecule has 2 bridgehead atoms. The van der Waals surface area contributed by atoms with Crippen LogP contribution in [-0.4, -0.2) is 29.1 Å². The first kappa shape index (κ1) is 18.5. The van der Waals surface area contributed by atoms with Gasteiger partial charge in [-0.05, 0) is 42.7 Å². The van der Waals surface area contributed by atoms with Crippen LogP contribution in [0, 0.1) is 0 Å². The van der Waals surface area contributed by atoms with Crippen molar-refractivity contribution in [3.05, 3.63) is 64.1 Å². The molecule has 2 fully saturated rings. The van der Waals surface area contributed by atoms with E-state index in [4.69, 9.17) is 27.9 Å². The summed E-state index contributed by atoms with van der Waals surface area (Å²) < 4.78 is 6.13. The molecule has 0 spiro atoms. The molecule has 2 aliphatic rings. The number of fused-ring (bicyclic) bond motifs is 2. The minimum Gasteiger partial charge on any atom is -0.490 e. The van der Waals surface area contributed by atoms with Crippen molar-refractivity contribution in [2.45, 2.75) is 50.4 Å². The molecular formula is C21H22Cl2N2O2. The molecule has 4 nitrogen and oxygen atoms in total. The number of ether oxygens (including phenoxy) is 1. The summed E-state index contributed by atoms with van der Waals surface area (Å²) >= 11 is 12.1. The summed E-state index contributed by atoms with van der Waals surface area (Å²) in [5.74, 6) is 0.900. The molecule has 1 N–H and O–H groups in total. The zero-order chi connectivity index (χ0) is 18.8. The lowest BCUT2D eigenvalue weighted by Gasteiger charge is -2.38. The molecule has 0 saturated carbocycles. The minimum absolute atomic E-state index is 0.0216. The van der Waals surface area contributed by atoms with E-state index in [9.17, 15) is 4.79 Å². The SMILES string of the molecule is O=C(NCc1ccc(Cl)cc1Cl)N1[C@H]2CC[C@H]1CC(Oc1ccccc1)C2. The van der Waals surface area contributed by atoms with Crippen LogP contribution in [0.25, 0.3) is 0 Å². The van der Waals surface area contributed by atoms with Gasteiger partial charge in [-0.1, -0.05) is 47.5 Å². The minimum atomic E-state index is -0.0216. The molecule has 2 aliphatic heterocycles. The third-order valence-electron chi connectivity index (χ3n) is 5.42. The number of hydrogen-bond donors (Lipinski definition) is 1. The van der Waals surface area contributed by atoms with Gasteiger partial charge in [0.1, 0.15) is 11.9 Å². The van der Waals surface area contributed by atoms with E-state index < -0.39 is 0 Å². The van der Waals surface area contributed by atoms with Crippen molar-refractivity contribution >= 4 is 29.2 Å². The fourth-order valence-corrected chi connectivity index (χ4v) is 4.65. The number of carbonyl (C=O) groups is 1. The Balaban J connectivity index is 1.35. The molecule has 0 aromatic heterocycles. The van der Waals surface area contributed by atoms with Gasteiger partial charge in [0.15, 0.2) is 0 Å². The molecule has 142 valence electrons. The number of urea groups is 1. The van der Waals surface area contributed by atoms with Crippen molar-refractivity contribution in [1.29, 1.82) is 0 Å². The highest BCUT2D eigenvalue weighted by Crippen LogP contribution is 2.37. The zero-order valence-corrected chi connectivity index (χ0v) is 16.4. The normalized spacial score (nSPS) is 23.9. The van der Waals surface area contributed by atoms with Gasteiger partial charge in [0, 0.05) is 41.5 Å². The molecule has 2 amide bonds. The van der Waals surface area contributed by atoms with Crippen LogP contribution in [-0.2, 0) is 6.54 Å². The van der Waals surface area contributed by atoms with Crippen LogP contribution in [0.3, 0.4) is 0 Å². The summed E-state index contributed by atoms with van der Waals surface area (Å²) in [5, 5.41) is 4.17. The Labute approximate surface area is 169 Å². The Morgan fingerprint density at radius 2 is 1.78 bits per heavy atom. The monoisotopic (exact) mass is 404 g/mol. The lowest BCUT2D eigenvalue weighted by molar-refractivity contribution is 0.0686. The number of para-hydroxylation sites is 1. The third kappa shape index (κ3) is 4.17. The van der Waals surface area contributed by atoms with Gasteiger partial charge in [0.25, 0.3) is 0 Å². The number of carbonyl (C=O) groups excluding carboxylic acids is 1. The average Bonchev–Trinajstić information content (AvgIpc) is 2.92. The smallest absolute Gasteiger partial charge is 0.318 e. The number of nitrogens with zero attached hydrogens (tertiary/aromatic N) is 1. The van der Waals surface area contributed by atoms with E-state index in [1.54, 1.807) is 12.1 Å². The van der Waals surface area contributed by atoms with E-state index >= 15 is 0 Å². The Kier molecular flexibility index (Phi) is 5.46. The second kappa shape index (κ2) is 7.99. The molecule has 0 aliphatic carbocycles. The number of piperidine rings is 1. The second-order valence-electron chi connectivity index (χ2n) is 7.21. The second-order valence-corrected chi connectivity index (χ2v) is 8.05. The fourth-order valence-electron chi connectivity index (χ4n) is 4.17. The molecule has 0 radical (unpaired) electrons. The van der Waals surface area contributed by atoms with Crippen molar-refractivity contribution in [2.75, 3.05) is 0 Å². The van der Waals surface area contributed by atoms with Crippen LogP contribution in [0.2, 0.25) is 10.0 Å². The summed E-state index contributed by atoms with van der Waals surface area (Å²) in [6.45, 7) is 0.398. The maximum Gasteiger partial charge on any atom is 0.318 e. The first-order valence-electron chi connectivity index (χ1n) is 9.32. The molecule has 6 heteroatoms. The van der Waals surface area contributed by atoms with Gasteiger partial charge in [-0.3, -0.25) is 0 Å². The number of nitrogens with one attached hydrogen (secondary N) is 1. The van der Waals surface area contributed by atoms with Crippen molar-refractivity contribution in [3.63, 3.8) is 0 Å². The number of rotatable bonds is 4. The molecule has 2 saturated heterocycles. The van der Waals surface area contributed by atoms with Gasteiger partial charge in [0.2, 0.25) is 0 Å². The summed E-state index contributed by atoms with van der Waals surface area (Å²) in [5.41, 5.74) is 0.865. The van der Waals surface area contributed by atoms with Gasteiger partial charge in [-0.25, -0.2) is 4.79 Å². The maximum atomic E-state index is 12.8. The lowest BCUT2D eigenvalue weighted by atomic mass is 10.00. The van der Waals surface area contributed by atoms with Crippen molar-refractivity contribution < 1.29 is 9.53 Å².